The Balaban J connectivity index is 2.29. The molecule has 2 N–H and O–H groups in total. The van der Waals surface area contributed by atoms with Crippen LogP contribution in [0.2, 0.25) is 5.02 Å². The van der Waals surface area contributed by atoms with Crippen LogP contribution in [0.15, 0.2) is 46.9 Å². The summed E-state index contributed by atoms with van der Waals surface area (Å²) in [5.74, 6) is -0.229. The van der Waals surface area contributed by atoms with Crippen molar-refractivity contribution in [2.24, 2.45) is 5.73 Å². The number of rotatable bonds is 4. The van der Waals surface area contributed by atoms with Gasteiger partial charge in [-0.05, 0) is 42.8 Å². The van der Waals surface area contributed by atoms with Gasteiger partial charge in [0.25, 0.3) is 0 Å². The average molecular weight is 343 g/mol. The van der Waals surface area contributed by atoms with Gasteiger partial charge in [-0.3, -0.25) is 0 Å². The Hall–Kier alpha value is -0.900. The SMILES string of the molecule is NCC(Cc1c(F)cccc1Cl)c1cccc(Br)c1. The third-order valence-corrected chi connectivity index (χ3v) is 3.96. The molecule has 0 aromatic heterocycles. The zero-order chi connectivity index (χ0) is 13.8. The number of hydrogen-bond acceptors (Lipinski definition) is 1. The van der Waals surface area contributed by atoms with Crippen LogP contribution in [-0.2, 0) is 6.42 Å². The van der Waals surface area contributed by atoms with Crippen molar-refractivity contribution in [1.82, 2.24) is 0 Å². The lowest BCUT2D eigenvalue weighted by Crippen LogP contribution is -2.16. The Morgan fingerprint density at radius 1 is 1.21 bits per heavy atom. The van der Waals surface area contributed by atoms with Crippen molar-refractivity contribution in [2.45, 2.75) is 12.3 Å². The van der Waals surface area contributed by atoms with Gasteiger partial charge in [0.05, 0.1) is 0 Å². The Labute approximate surface area is 125 Å². The Kier molecular flexibility index (Phi) is 4.97. The molecule has 0 radical (unpaired) electrons. The summed E-state index contributed by atoms with van der Waals surface area (Å²) < 4.78 is 14.8. The van der Waals surface area contributed by atoms with E-state index in [0.717, 1.165) is 10.0 Å². The van der Waals surface area contributed by atoms with Gasteiger partial charge in [0.15, 0.2) is 0 Å². The summed E-state index contributed by atoms with van der Waals surface area (Å²) in [5.41, 5.74) is 7.43. The second-order valence-electron chi connectivity index (χ2n) is 4.39. The van der Waals surface area contributed by atoms with Gasteiger partial charge in [-0.25, -0.2) is 4.39 Å². The molecule has 0 spiro atoms. The molecule has 2 aromatic rings. The van der Waals surface area contributed by atoms with Crippen molar-refractivity contribution in [3.8, 4) is 0 Å². The van der Waals surface area contributed by atoms with Crippen LogP contribution in [0.3, 0.4) is 0 Å². The molecule has 0 bridgehead atoms. The lowest BCUT2D eigenvalue weighted by molar-refractivity contribution is 0.590. The molecule has 0 aliphatic rings. The molecule has 100 valence electrons. The molecule has 2 aromatic carbocycles. The van der Waals surface area contributed by atoms with Gasteiger partial charge in [-0.2, -0.15) is 0 Å². The highest BCUT2D eigenvalue weighted by atomic mass is 79.9. The fourth-order valence-electron chi connectivity index (χ4n) is 2.07. The highest BCUT2D eigenvalue weighted by Crippen LogP contribution is 2.27. The lowest BCUT2D eigenvalue weighted by Gasteiger charge is -2.17. The molecule has 0 saturated carbocycles. The van der Waals surface area contributed by atoms with Crippen LogP contribution in [0, 0.1) is 5.82 Å². The second kappa shape index (κ2) is 6.51. The van der Waals surface area contributed by atoms with Gasteiger partial charge < -0.3 is 5.73 Å². The molecule has 1 nitrogen and oxygen atoms in total. The van der Waals surface area contributed by atoms with Crippen LogP contribution in [0.1, 0.15) is 17.0 Å². The van der Waals surface area contributed by atoms with Gasteiger partial charge in [-0.1, -0.05) is 45.7 Å². The van der Waals surface area contributed by atoms with Crippen molar-refractivity contribution < 1.29 is 4.39 Å². The van der Waals surface area contributed by atoms with Gasteiger partial charge >= 0.3 is 0 Å². The standard InChI is InChI=1S/C15H14BrClFN/c16-12-4-1-3-10(7-12)11(9-19)8-13-14(17)5-2-6-15(13)18/h1-7,11H,8-9,19H2. The van der Waals surface area contributed by atoms with Gasteiger partial charge in [0.1, 0.15) is 5.82 Å². The highest BCUT2D eigenvalue weighted by molar-refractivity contribution is 9.10. The Morgan fingerprint density at radius 2 is 1.95 bits per heavy atom. The van der Waals surface area contributed by atoms with Gasteiger partial charge in [0.2, 0.25) is 0 Å². The first-order valence-corrected chi connectivity index (χ1v) is 7.17. The van der Waals surface area contributed by atoms with Crippen LogP contribution >= 0.6 is 27.5 Å². The molecule has 19 heavy (non-hydrogen) atoms. The molecular formula is C15H14BrClFN. The minimum Gasteiger partial charge on any atom is -0.330 e. The molecule has 2 rings (SSSR count). The molecule has 0 fully saturated rings. The zero-order valence-electron chi connectivity index (χ0n) is 10.2. The van der Waals surface area contributed by atoms with E-state index in [9.17, 15) is 4.39 Å². The molecule has 0 aliphatic heterocycles. The number of nitrogens with two attached hydrogens (primary N) is 1. The maximum Gasteiger partial charge on any atom is 0.127 e. The molecule has 0 saturated heterocycles. The van der Waals surface area contributed by atoms with E-state index >= 15 is 0 Å². The summed E-state index contributed by atoms with van der Waals surface area (Å²) in [4.78, 5) is 0. The third-order valence-electron chi connectivity index (χ3n) is 3.12. The first-order valence-electron chi connectivity index (χ1n) is 6.00. The van der Waals surface area contributed by atoms with E-state index in [1.165, 1.54) is 6.07 Å². The van der Waals surface area contributed by atoms with E-state index < -0.39 is 0 Å². The van der Waals surface area contributed by atoms with Crippen LogP contribution in [0.4, 0.5) is 4.39 Å². The average Bonchev–Trinajstić information content (AvgIpc) is 2.38. The summed E-state index contributed by atoms with van der Waals surface area (Å²) in [6.45, 7) is 0.446. The Morgan fingerprint density at radius 3 is 2.58 bits per heavy atom. The predicted molar refractivity (Wildman–Crippen MR) is 81.1 cm³/mol. The van der Waals surface area contributed by atoms with Crippen molar-refractivity contribution in [3.05, 3.63) is 68.9 Å². The third kappa shape index (κ3) is 3.56. The predicted octanol–water partition coefficient (Wildman–Crippen LogP) is 4.53. The molecule has 1 atom stereocenters. The minimum atomic E-state index is -0.277. The van der Waals surface area contributed by atoms with Gasteiger partial charge in [-0.15, -0.1) is 0 Å². The van der Waals surface area contributed by atoms with E-state index in [-0.39, 0.29) is 11.7 Å². The first-order chi connectivity index (χ1) is 9.11. The van der Waals surface area contributed by atoms with E-state index in [4.69, 9.17) is 17.3 Å². The van der Waals surface area contributed by atoms with E-state index in [0.29, 0.717) is 23.6 Å². The fourth-order valence-corrected chi connectivity index (χ4v) is 2.73. The highest BCUT2D eigenvalue weighted by Gasteiger charge is 2.15. The number of benzene rings is 2. The quantitative estimate of drug-likeness (QED) is 0.868. The van der Waals surface area contributed by atoms with Crippen LogP contribution in [0.5, 0.6) is 0 Å². The summed E-state index contributed by atoms with van der Waals surface area (Å²) in [5, 5.41) is 0.452. The monoisotopic (exact) mass is 341 g/mol. The Bertz CT molecular complexity index is 554. The molecule has 1 unspecified atom stereocenters. The number of hydrogen-bond donors (Lipinski definition) is 1. The van der Waals surface area contributed by atoms with Crippen LogP contribution in [-0.4, -0.2) is 6.54 Å². The van der Waals surface area contributed by atoms with Crippen molar-refractivity contribution in [1.29, 1.82) is 0 Å². The van der Waals surface area contributed by atoms with Crippen molar-refractivity contribution in [2.75, 3.05) is 6.54 Å². The molecular weight excluding hydrogens is 329 g/mol. The summed E-state index contributed by atoms with van der Waals surface area (Å²) in [7, 11) is 0. The topological polar surface area (TPSA) is 26.0 Å². The van der Waals surface area contributed by atoms with Gasteiger partial charge in [0, 0.05) is 21.0 Å². The molecule has 0 amide bonds. The van der Waals surface area contributed by atoms with Crippen molar-refractivity contribution in [3.63, 3.8) is 0 Å². The van der Waals surface area contributed by atoms with E-state index in [1.54, 1.807) is 12.1 Å². The number of halogens is 3. The normalized spacial score (nSPS) is 12.4. The van der Waals surface area contributed by atoms with E-state index in [2.05, 4.69) is 15.9 Å². The zero-order valence-corrected chi connectivity index (χ0v) is 12.6. The van der Waals surface area contributed by atoms with Crippen LogP contribution < -0.4 is 5.73 Å². The summed E-state index contributed by atoms with van der Waals surface area (Å²) >= 11 is 9.49. The van der Waals surface area contributed by atoms with E-state index in [1.807, 2.05) is 24.3 Å². The lowest BCUT2D eigenvalue weighted by atomic mass is 9.92. The molecule has 0 aliphatic carbocycles. The largest absolute Gasteiger partial charge is 0.330 e. The van der Waals surface area contributed by atoms with Crippen molar-refractivity contribution >= 4 is 27.5 Å². The molecule has 4 heteroatoms. The summed E-state index contributed by atoms with van der Waals surface area (Å²) in [6.07, 6.45) is 0.498. The van der Waals surface area contributed by atoms with Crippen LogP contribution in [0.25, 0.3) is 0 Å². The molecule has 0 heterocycles. The minimum absolute atomic E-state index is 0.0481. The maximum atomic E-state index is 13.8. The second-order valence-corrected chi connectivity index (χ2v) is 5.71. The smallest absolute Gasteiger partial charge is 0.127 e. The fraction of sp³-hybridized carbons (Fsp3) is 0.200. The maximum absolute atomic E-state index is 13.8. The summed E-state index contributed by atoms with van der Waals surface area (Å²) in [6, 6.07) is 12.6. The first kappa shape index (κ1) is 14.5.